The van der Waals surface area contributed by atoms with Gasteiger partial charge in [-0.15, -0.1) is 0 Å². The molecular weight excluding hydrogens is 234 g/mol. The molecular formula is C14H17ClNO+. The van der Waals surface area contributed by atoms with Crippen LogP contribution in [-0.2, 0) is 10.3 Å². The Morgan fingerprint density at radius 3 is 2.65 bits per heavy atom. The van der Waals surface area contributed by atoms with Crippen LogP contribution in [0.25, 0.3) is 0 Å². The molecule has 1 atom stereocenters. The van der Waals surface area contributed by atoms with Gasteiger partial charge in [0.1, 0.15) is 13.8 Å². The number of nitrogens with zero attached hydrogens (tertiary/aromatic N) is 1. The molecule has 0 aliphatic heterocycles. The predicted octanol–water partition coefficient (Wildman–Crippen LogP) is 3.02. The monoisotopic (exact) mass is 250 g/mol. The van der Waals surface area contributed by atoms with Crippen molar-refractivity contribution in [3.8, 4) is 0 Å². The quantitative estimate of drug-likeness (QED) is 0.584. The first-order valence-electron chi connectivity index (χ1n) is 5.91. The van der Waals surface area contributed by atoms with E-state index in [-0.39, 0.29) is 5.78 Å². The van der Waals surface area contributed by atoms with E-state index in [0.717, 1.165) is 24.8 Å². The summed E-state index contributed by atoms with van der Waals surface area (Å²) in [7, 11) is 1.85. The number of hydrogen-bond donors (Lipinski definition) is 0. The minimum Gasteiger partial charge on any atom is -0.291 e. The number of ketones is 1. The highest BCUT2D eigenvalue weighted by Gasteiger charge is 2.50. The second-order valence-corrected chi connectivity index (χ2v) is 5.08. The van der Waals surface area contributed by atoms with E-state index in [1.807, 2.05) is 31.3 Å². The largest absolute Gasteiger partial charge is 0.291 e. The molecule has 0 saturated heterocycles. The maximum absolute atomic E-state index is 12.4. The smallest absolute Gasteiger partial charge is 0.246 e. The Morgan fingerprint density at radius 2 is 2.06 bits per heavy atom. The van der Waals surface area contributed by atoms with Crippen LogP contribution in [0, 0.1) is 0 Å². The second-order valence-electron chi connectivity index (χ2n) is 4.67. The molecule has 1 aliphatic rings. The minimum atomic E-state index is -0.628. The third kappa shape index (κ3) is 1.91. The summed E-state index contributed by atoms with van der Waals surface area (Å²) in [5, 5.41) is 0.651. The van der Waals surface area contributed by atoms with Crippen molar-refractivity contribution in [3.05, 3.63) is 34.9 Å². The van der Waals surface area contributed by atoms with Gasteiger partial charge in [0, 0.05) is 18.4 Å². The SMILES string of the molecule is C=[N+](C)[C@@]1(c2ccccc2Cl)CCCCC1=O. The van der Waals surface area contributed by atoms with Crippen molar-refractivity contribution in [1.29, 1.82) is 0 Å². The number of rotatable bonds is 2. The maximum Gasteiger partial charge on any atom is 0.246 e. The summed E-state index contributed by atoms with van der Waals surface area (Å²) < 4.78 is 1.77. The standard InChI is InChI=1S/C14H17ClNO/c1-16(2)14(10-6-5-9-13(14)17)11-7-3-4-8-12(11)15/h3-4,7-8H,1,5-6,9-10H2,2H3/q+1/t14-/m1/s1. The highest BCUT2D eigenvalue weighted by atomic mass is 35.5. The fraction of sp³-hybridized carbons (Fsp3) is 0.429. The molecule has 0 N–H and O–H groups in total. The highest BCUT2D eigenvalue weighted by molar-refractivity contribution is 6.31. The summed E-state index contributed by atoms with van der Waals surface area (Å²) in [6.45, 7) is 3.96. The van der Waals surface area contributed by atoms with Gasteiger partial charge >= 0.3 is 0 Å². The lowest BCUT2D eigenvalue weighted by atomic mass is 9.75. The minimum absolute atomic E-state index is 0.231. The number of hydrogen-bond acceptors (Lipinski definition) is 1. The van der Waals surface area contributed by atoms with Crippen LogP contribution in [0.4, 0.5) is 0 Å². The first-order valence-corrected chi connectivity index (χ1v) is 6.29. The summed E-state index contributed by atoms with van der Waals surface area (Å²) in [5.41, 5.74) is 0.264. The van der Waals surface area contributed by atoms with E-state index in [1.54, 1.807) is 4.58 Å². The van der Waals surface area contributed by atoms with Gasteiger partial charge in [-0.1, -0.05) is 29.8 Å². The van der Waals surface area contributed by atoms with Gasteiger partial charge in [0.25, 0.3) is 0 Å². The zero-order valence-electron chi connectivity index (χ0n) is 10.1. The lowest BCUT2D eigenvalue weighted by Crippen LogP contribution is -2.46. The zero-order valence-corrected chi connectivity index (χ0v) is 10.8. The normalized spacial score (nSPS) is 24.7. The van der Waals surface area contributed by atoms with Crippen molar-refractivity contribution in [2.24, 2.45) is 0 Å². The Balaban J connectivity index is 2.59. The van der Waals surface area contributed by atoms with Crippen molar-refractivity contribution in [1.82, 2.24) is 0 Å². The molecule has 1 aromatic rings. The van der Waals surface area contributed by atoms with Crippen molar-refractivity contribution in [2.45, 2.75) is 31.2 Å². The third-order valence-electron chi connectivity index (χ3n) is 3.62. The first-order chi connectivity index (χ1) is 8.09. The van der Waals surface area contributed by atoms with Gasteiger partial charge in [-0.25, -0.2) is 4.58 Å². The number of carbonyl (C=O) groups is 1. The van der Waals surface area contributed by atoms with E-state index in [1.165, 1.54) is 0 Å². The molecule has 0 spiro atoms. The average molecular weight is 251 g/mol. The van der Waals surface area contributed by atoms with Crippen LogP contribution < -0.4 is 0 Å². The molecule has 17 heavy (non-hydrogen) atoms. The van der Waals surface area contributed by atoms with E-state index < -0.39 is 5.54 Å². The summed E-state index contributed by atoms with van der Waals surface area (Å²) in [6.07, 6.45) is 3.43. The Labute approximate surface area is 107 Å². The van der Waals surface area contributed by atoms with Gasteiger partial charge in [-0.3, -0.25) is 4.79 Å². The number of carbonyl (C=O) groups excluding carboxylic acids is 1. The number of halogens is 1. The molecule has 1 fully saturated rings. The zero-order chi connectivity index (χ0) is 12.5. The Kier molecular flexibility index (Phi) is 3.34. The molecule has 1 aliphatic carbocycles. The molecule has 0 aromatic heterocycles. The molecule has 0 bridgehead atoms. The van der Waals surface area contributed by atoms with Crippen molar-refractivity contribution in [3.63, 3.8) is 0 Å². The fourth-order valence-electron chi connectivity index (χ4n) is 2.70. The molecule has 0 unspecified atom stereocenters. The van der Waals surface area contributed by atoms with Crippen LogP contribution in [0.2, 0.25) is 5.02 Å². The van der Waals surface area contributed by atoms with E-state index in [9.17, 15) is 4.79 Å². The van der Waals surface area contributed by atoms with Crippen LogP contribution in [0.3, 0.4) is 0 Å². The van der Waals surface area contributed by atoms with E-state index in [2.05, 4.69) is 6.72 Å². The molecule has 0 radical (unpaired) electrons. The summed E-state index contributed by atoms with van der Waals surface area (Å²) in [6, 6.07) is 7.58. The van der Waals surface area contributed by atoms with Crippen LogP contribution in [-0.4, -0.2) is 24.1 Å². The summed E-state index contributed by atoms with van der Waals surface area (Å²) in [4.78, 5) is 12.4. The molecule has 1 aromatic carbocycles. The predicted molar refractivity (Wildman–Crippen MR) is 69.9 cm³/mol. The lowest BCUT2D eigenvalue weighted by molar-refractivity contribution is -0.570. The van der Waals surface area contributed by atoms with Gasteiger partial charge in [0.15, 0.2) is 0 Å². The molecule has 1 saturated carbocycles. The summed E-state index contributed by atoms with van der Waals surface area (Å²) >= 11 is 6.25. The Morgan fingerprint density at radius 1 is 1.35 bits per heavy atom. The molecule has 2 rings (SSSR count). The summed E-state index contributed by atoms with van der Waals surface area (Å²) in [5.74, 6) is 0.231. The van der Waals surface area contributed by atoms with Crippen LogP contribution in [0.1, 0.15) is 31.2 Å². The molecule has 90 valence electrons. The van der Waals surface area contributed by atoms with Crippen molar-refractivity contribution < 1.29 is 9.37 Å². The van der Waals surface area contributed by atoms with Gasteiger partial charge < -0.3 is 0 Å². The Hall–Kier alpha value is -1.15. The highest BCUT2D eigenvalue weighted by Crippen LogP contribution is 2.39. The lowest BCUT2D eigenvalue weighted by Gasteiger charge is -2.31. The van der Waals surface area contributed by atoms with Crippen molar-refractivity contribution in [2.75, 3.05) is 7.05 Å². The number of Topliss-reactive ketones (excluding diaryl/α,β-unsaturated/α-hetero) is 1. The molecule has 2 nitrogen and oxygen atoms in total. The topological polar surface area (TPSA) is 20.1 Å². The first kappa shape index (κ1) is 12.3. The van der Waals surface area contributed by atoms with Crippen LogP contribution >= 0.6 is 11.6 Å². The van der Waals surface area contributed by atoms with E-state index in [0.29, 0.717) is 11.4 Å². The van der Waals surface area contributed by atoms with E-state index >= 15 is 0 Å². The Bertz CT molecular complexity index is 469. The number of likely N-dealkylation sites (N-methyl/N-ethyl adjacent to an activating group) is 1. The van der Waals surface area contributed by atoms with Crippen LogP contribution in [0.15, 0.2) is 24.3 Å². The maximum atomic E-state index is 12.4. The third-order valence-corrected chi connectivity index (χ3v) is 3.95. The molecule has 3 heteroatoms. The van der Waals surface area contributed by atoms with Gasteiger partial charge in [0.05, 0.1) is 5.02 Å². The fourth-order valence-corrected chi connectivity index (χ4v) is 3.00. The number of benzene rings is 1. The van der Waals surface area contributed by atoms with Gasteiger partial charge in [0.2, 0.25) is 11.3 Å². The average Bonchev–Trinajstić information content (AvgIpc) is 2.30. The van der Waals surface area contributed by atoms with E-state index in [4.69, 9.17) is 11.6 Å². The van der Waals surface area contributed by atoms with Gasteiger partial charge in [-0.2, -0.15) is 0 Å². The molecule has 0 amide bonds. The van der Waals surface area contributed by atoms with Crippen molar-refractivity contribution >= 4 is 24.1 Å². The van der Waals surface area contributed by atoms with Gasteiger partial charge in [-0.05, 0) is 18.9 Å². The van der Waals surface area contributed by atoms with Crippen LogP contribution in [0.5, 0.6) is 0 Å². The second kappa shape index (κ2) is 4.61. The molecule has 0 heterocycles.